The second-order valence-electron chi connectivity index (χ2n) is 4.37. The Balaban J connectivity index is 2.04. The Morgan fingerprint density at radius 2 is 2.06 bits per heavy atom. The van der Waals surface area contributed by atoms with Gasteiger partial charge in [-0.15, -0.1) is 0 Å². The Morgan fingerprint density at radius 3 is 2.76 bits per heavy atom. The second-order valence-corrected chi connectivity index (χ2v) is 5.75. The zero-order valence-electron chi connectivity index (χ0n) is 9.78. The van der Waals surface area contributed by atoms with E-state index in [9.17, 15) is 4.79 Å². The Kier molecular flexibility index (Phi) is 4.30. The smallest absolute Gasteiger partial charge is 0.162 e. The largest absolute Gasteiger partial charge is 0.294 e. The van der Waals surface area contributed by atoms with E-state index in [-0.39, 0.29) is 5.92 Å². The van der Waals surface area contributed by atoms with E-state index < -0.39 is 0 Å². The molecule has 1 saturated carbocycles. The predicted molar refractivity (Wildman–Crippen MR) is 73.4 cm³/mol. The minimum atomic E-state index is 0.195. The highest BCUT2D eigenvalue weighted by molar-refractivity contribution is 8.02. The highest BCUT2D eigenvalue weighted by Crippen LogP contribution is 2.29. The maximum Gasteiger partial charge on any atom is 0.162 e. The van der Waals surface area contributed by atoms with Crippen molar-refractivity contribution in [1.82, 2.24) is 0 Å². The third-order valence-corrected chi connectivity index (χ3v) is 4.20. The maximum absolute atomic E-state index is 11.9. The first-order valence-corrected chi connectivity index (χ1v) is 7.08. The van der Waals surface area contributed by atoms with Gasteiger partial charge in [0.25, 0.3) is 0 Å². The lowest BCUT2D eigenvalue weighted by Crippen LogP contribution is -2.18. The molecule has 1 aromatic rings. The molecule has 1 aliphatic carbocycles. The van der Waals surface area contributed by atoms with Crippen LogP contribution in [-0.4, -0.2) is 5.78 Å². The summed E-state index contributed by atoms with van der Waals surface area (Å²) in [5.41, 5.74) is 0.976. The predicted octanol–water partition coefficient (Wildman–Crippen LogP) is 4.71. The van der Waals surface area contributed by atoms with E-state index in [2.05, 4.69) is 0 Å². The van der Waals surface area contributed by atoms with Crippen LogP contribution in [0.15, 0.2) is 40.1 Å². The normalized spacial score (nSPS) is 23.1. The van der Waals surface area contributed by atoms with E-state index in [0.717, 1.165) is 34.8 Å². The van der Waals surface area contributed by atoms with Crippen LogP contribution < -0.4 is 0 Å². The van der Waals surface area contributed by atoms with Crippen molar-refractivity contribution in [3.63, 3.8) is 0 Å². The number of halogens is 1. The van der Waals surface area contributed by atoms with Gasteiger partial charge < -0.3 is 0 Å². The second kappa shape index (κ2) is 5.74. The van der Waals surface area contributed by atoms with Crippen LogP contribution in [0.3, 0.4) is 0 Å². The molecule has 1 atom stereocenters. The summed E-state index contributed by atoms with van der Waals surface area (Å²) >= 11 is 7.42. The minimum absolute atomic E-state index is 0.195. The highest BCUT2D eigenvalue weighted by Gasteiger charge is 2.22. The van der Waals surface area contributed by atoms with Gasteiger partial charge in [0.2, 0.25) is 0 Å². The molecule has 1 aromatic carbocycles. The Labute approximate surface area is 111 Å². The first kappa shape index (κ1) is 12.7. The van der Waals surface area contributed by atoms with Gasteiger partial charge in [0, 0.05) is 21.4 Å². The van der Waals surface area contributed by atoms with Crippen molar-refractivity contribution < 1.29 is 4.79 Å². The van der Waals surface area contributed by atoms with Gasteiger partial charge in [0.05, 0.1) is 0 Å². The number of rotatable bonds is 2. The van der Waals surface area contributed by atoms with Crippen LogP contribution in [0.1, 0.15) is 26.2 Å². The fourth-order valence-corrected chi connectivity index (χ4v) is 2.87. The monoisotopic (exact) mass is 266 g/mol. The summed E-state index contributed by atoms with van der Waals surface area (Å²) < 4.78 is 0. The molecule has 0 saturated heterocycles. The van der Waals surface area contributed by atoms with E-state index in [1.807, 2.05) is 36.6 Å². The van der Waals surface area contributed by atoms with Gasteiger partial charge in [0.15, 0.2) is 5.78 Å². The van der Waals surface area contributed by atoms with Gasteiger partial charge in [-0.1, -0.05) is 30.3 Å². The molecule has 2 rings (SSSR count). The average Bonchev–Trinajstić information content (AvgIpc) is 2.33. The van der Waals surface area contributed by atoms with E-state index in [1.165, 1.54) is 0 Å². The molecular formula is C14H15ClOS. The Hall–Kier alpha value is -0.730. The topological polar surface area (TPSA) is 17.1 Å². The summed E-state index contributed by atoms with van der Waals surface area (Å²) in [5.74, 6) is 0.513. The molecule has 3 heteroatoms. The number of thioether (sulfide) groups is 1. The lowest BCUT2D eigenvalue weighted by Gasteiger charge is -2.18. The van der Waals surface area contributed by atoms with Crippen molar-refractivity contribution in [2.24, 2.45) is 5.92 Å². The molecule has 1 unspecified atom stereocenters. The molecule has 0 radical (unpaired) electrons. The number of carbonyl (C=O) groups is 1. The van der Waals surface area contributed by atoms with Gasteiger partial charge in [-0.3, -0.25) is 4.79 Å². The highest BCUT2D eigenvalue weighted by atomic mass is 35.5. The van der Waals surface area contributed by atoms with Crippen molar-refractivity contribution in [2.45, 2.75) is 31.1 Å². The van der Waals surface area contributed by atoms with Gasteiger partial charge in [-0.25, -0.2) is 0 Å². The molecular weight excluding hydrogens is 252 g/mol. The molecule has 0 spiro atoms. The van der Waals surface area contributed by atoms with Gasteiger partial charge in [-0.2, -0.15) is 0 Å². The maximum atomic E-state index is 11.9. The summed E-state index contributed by atoms with van der Waals surface area (Å²) in [6, 6.07) is 7.68. The Bertz CT molecular complexity index is 436. The summed E-state index contributed by atoms with van der Waals surface area (Å²) in [5, 5.41) is 2.74. The molecule has 0 heterocycles. The van der Waals surface area contributed by atoms with Gasteiger partial charge in [-0.05, 0) is 48.9 Å². The lowest BCUT2D eigenvalue weighted by molar-refractivity contribution is -0.119. The van der Waals surface area contributed by atoms with Crippen molar-refractivity contribution in [3.05, 3.63) is 40.3 Å². The lowest BCUT2D eigenvalue weighted by atomic mass is 9.86. The van der Waals surface area contributed by atoms with E-state index in [0.29, 0.717) is 5.78 Å². The standard InChI is InChI=1S/C14H15ClOS/c1-10-3-2-4-11(14(10)16)9-17-13-7-5-12(15)6-8-13/h5-10H,2-4H2,1H3/b11-9-. The summed E-state index contributed by atoms with van der Waals surface area (Å²) in [6.45, 7) is 2.02. The van der Waals surface area contributed by atoms with Crippen LogP contribution in [-0.2, 0) is 4.79 Å². The first-order valence-electron chi connectivity index (χ1n) is 5.82. The first-order chi connectivity index (χ1) is 8.16. The molecule has 0 N–H and O–H groups in total. The van der Waals surface area contributed by atoms with Crippen LogP contribution >= 0.6 is 23.4 Å². The van der Waals surface area contributed by atoms with E-state index >= 15 is 0 Å². The molecule has 0 aromatic heterocycles. The van der Waals surface area contributed by atoms with E-state index in [4.69, 9.17) is 11.6 Å². The molecule has 0 aliphatic heterocycles. The number of ketones is 1. The fourth-order valence-electron chi connectivity index (χ4n) is 1.94. The number of Topliss-reactive ketones (excluding diaryl/α,β-unsaturated/α-hetero) is 1. The zero-order valence-corrected chi connectivity index (χ0v) is 11.4. The van der Waals surface area contributed by atoms with Crippen LogP contribution in [0, 0.1) is 5.92 Å². The fraction of sp³-hybridized carbons (Fsp3) is 0.357. The average molecular weight is 267 g/mol. The quantitative estimate of drug-likeness (QED) is 0.570. The molecule has 90 valence electrons. The van der Waals surface area contributed by atoms with Crippen LogP contribution in [0.4, 0.5) is 0 Å². The van der Waals surface area contributed by atoms with Crippen LogP contribution in [0.5, 0.6) is 0 Å². The van der Waals surface area contributed by atoms with Crippen molar-refractivity contribution >= 4 is 29.1 Å². The minimum Gasteiger partial charge on any atom is -0.294 e. The van der Waals surface area contributed by atoms with Crippen molar-refractivity contribution in [1.29, 1.82) is 0 Å². The number of carbonyl (C=O) groups excluding carboxylic acids is 1. The Morgan fingerprint density at radius 1 is 1.35 bits per heavy atom. The third-order valence-electron chi connectivity index (χ3n) is 3.00. The number of allylic oxidation sites excluding steroid dienone is 1. The number of hydrogen-bond donors (Lipinski definition) is 0. The van der Waals surface area contributed by atoms with Gasteiger partial charge in [0.1, 0.15) is 0 Å². The summed E-state index contributed by atoms with van der Waals surface area (Å²) in [6.07, 6.45) is 3.07. The molecule has 1 fully saturated rings. The van der Waals surface area contributed by atoms with Crippen LogP contribution in [0.2, 0.25) is 5.02 Å². The molecule has 17 heavy (non-hydrogen) atoms. The van der Waals surface area contributed by atoms with E-state index in [1.54, 1.807) is 11.8 Å². The molecule has 1 nitrogen and oxygen atoms in total. The van der Waals surface area contributed by atoms with Crippen molar-refractivity contribution in [3.8, 4) is 0 Å². The number of benzene rings is 1. The zero-order chi connectivity index (χ0) is 12.3. The molecule has 1 aliphatic rings. The number of hydrogen-bond acceptors (Lipinski definition) is 2. The third kappa shape index (κ3) is 3.36. The SMILES string of the molecule is CC1CCC/C(=C/Sc2ccc(Cl)cc2)C1=O. The summed E-state index contributed by atoms with van der Waals surface area (Å²) in [7, 11) is 0. The molecule has 0 bridgehead atoms. The van der Waals surface area contributed by atoms with Crippen LogP contribution in [0.25, 0.3) is 0 Å². The van der Waals surface area contributed by atoms with Gasteiger partial charge >= 0.3 is 0 Å². The summed E-state index contributed by atoms with van der Waals surface area (Å²) in [4.78, 5) is 13.0. The molecule has 0 amide bonds. The van der Waals surface area contributed by atoms with Crippen molar-refractivity contribution in [2.75, 3.05) is 0 Å².